The highest BCUT2D eigenvalue weighted by molar-refractivity contribution is 7.14. The first kappa shape index (κ1) is 75.9. The normalized spacial score (nSPS) is 19.1. The van der Waals surface area contributed by atoms with E-state index in [-0.39, 0.29) is 104 Å². The summed E-state index contributed by atoms with van der Waals surface area (Å²) in [5.41, 5.74) is 15.1. The quantitative estimate of drug-likeness (QED) is 0.0437. The Morgan fingerprint density at radius 3 is 1.13 bits per heavy atom. The second kappa shape index (κ2) is 34.0. The Morgan fingerprint density at radius 1 is 0.490 bits per heavy atom. The minimum Gasteiger partial charge on any atom is -0.425 e. The van der Waals surface area contributed by atoms with E-state index in [0.29, 0.717) is 61.9 Å². The predicted octanol–water partition coefficient (Wildman–Crippen LogP) is 10.9. The van der Waals surface area contributed by atoms with Gasteiger partial charge in [-0.15, -0.1) is 44.2 Å². The molecule has 9 atom stereocenters. The number of benzene rings is 3. The summed E-state index contributed by atoms with van der Waals surface area (Å²) < 4.78 is 10.8. The predicted molar refractivity (Wildman–Crippen MR) is 387 cm³/mol. The maximum Gasteiger partial charge on any atom is 0.239 e. The highest BCUT2D eigenvalue weighted by Crippen LogP contribution is 2.36. The van der Waals surface area contributed by atoms with E-state index in [4.69, 9.17) is 8.94 Å². The molecule has 540 valence electrons. The molecular formula is C75H91N13O11S3. The molecule has 0 spiro atoms. The molecule has 3 fully saturated rings. The van der Waals surface area contributed by atoms with Gasteiger partial charge in [0.1, 0.15) is 23.6 Å². The molecule has 9 heterocycles. The zero-order valence-corrected chi connectivity index (χ0v) is 62.2. The number of aryl methyl sites for hydroxylation is 9. The Labute approximate surface area is 605 Å². The van der Waals surface area contributed by atoms with Crippen LogP contribution in [0.3, 0.4) is 0 Å². The number of likely N-dealkylation sites (tertiary alicyclic amines) is 3. The van der Waals surface area contributed by atoms with Crippen LogP contribution in [0, 0.1) is 59.3 Å². The van der Waals surface area contributed by atoms with Crippen LogP contribution in [0.1, 0.15) is 167 Å². The molecule has 9 aromatic rings. The van der Waals surface area contributed by atoms with Crippen molar-refractivity contribution in [3.8, 4) is 31.3 Å². The van der Waals surface area contributed by atoms with Crippen LogP contribution >= 0.6 is 34.0 Å². The number of Topliss-reactive ketones (excluding diaryl/α,β-unsaturated/α-hetero) is 3. The number of aromatic amines is 1. The van der Waals surface area contributed by atoms with Gasteiger partial charge in [-0.1, -0.05) is 119 Å². The lowest BCUT2D eigenvalue weighted by atomic mass is 9.92. The van der Waals surface area contributed by atoms with Gasteiger partial charge in [0.15, 0.2) is 29.0 Å². The van der Waals surface area contributed by atoms with Crippen molar-refractivity contribution >= 4 is 69.1 Å². The van der Waals surface area contributed by atoms with Gasteiger partial charge in [-0.3, -0.25) is 33.9 Å². The van der Waals surface area contributed by atoms with Crippen LogP contribution in [-0.4, -0.2) is 172 Å². The van der Waals surface area contributed by atoms with Gasteiger partial charge < -0.3 is 39.0 Å². The molecular weight excluding hydrogens is 1360 g/mol. The van der Waals surface area contributed by atoms with E-state index in [1.807, 2.05) is 115 Å². The van der Waals surface area contributed by atoms with E-state index >= 15 is 0 Å². The number of H-pyrrole nitrogens is 1. The number of rotatable bonds is 24. The summed E-state index contributed by atoms with van der Waals surface area (Å²) in [5.74, 6) is -0.499. The molecule has 6 aromatic heterocycles. The number of nitrogens with zero attached hydrogens (tertiary/aromatic N) is 12. The number of hydrogen-bond acceptors (Lipinski definition) is 23. The molecule has 0 unspecified atom stereocenters. The highest BCUT2D eigenvalue weighted by Gasteiger charge is 2.46. The largest absolute Gasteiger partial charge is 0.425 e. The van der Waals surface area contributed by atoms with Crippen molar-refractivity contribution in [2.24, 2.45) is 17.8 Å². The zero-order valence-electron chi connectivity index (χ0n) is 59.8. The lowest BCUT2D eigenvalue weighted by Crippen LogP contribution is -2.44. The van der Waals surface area contributed by atoms with Gasteiger partial charge in [-0.2, -0.15) is 10.1 Å². The summed E-state index contributed by atoms with van der Waals surface area (Å²) in [7, 11) is 0. The number of nitrogens with one attached hydrogen (secondary N) is 1. The molecule has 0 saturated carbocycles. The topological polar surface area (TPSA) is 331 Å². The average Bonchev–Trinajstić information content (AvgIpc) is 1.65. The minimum atomic E-state index is -0.725. The fraction of sp³-hybridized carbons (Fsp3) is 0.480. The molecule has 24 nitrogen and oxygen atoms in total. The first-order valence-corrected chi connectivity index (χ1v) is 37.4. The van der Waals surface area contributed by atoms with E-state index in [1.54, 1.807) is 59.7 Å². The van der Waals surface area contributed by atoms with Crippen LogP contribution in [0.2, 0.25) is 0 Å². The van der Waals surface area contributed by atoms with Crippen LogP contribution in [-0.2, 0) is 48.0 Å². The Bertz CT molecular complexity index is 3890. The molecule has 4 N–H and O–H groups in total. The minimum absolute atomic E-state index is 0.0269. The van der Waals surface area contributed by atoms with Gasteiger partial charge in [0.05, 0.1) is 84.7 Å². The van der Waals surface area contributed by atoms with E-state index in [9.17, 15) is 44.1 Å². The number of carbonyl (C=O) groups excluding carboxylic acids is 6. The van der Waals surface area contributed by atoms with Crippen molar-refractivity contribution in [2.75, 3.05) is 19.6 Å². The van der Waals surface area contributed by atoms with E-state index in [1.165, 1.54) is 9.80 Å². The maximum absolute atomic E-state index is 13.5. The maximum atomic E-state index is 13.5. The SMILES string of the molecule is Cc1nc([C@H](C(=O)N2C[C@H](O)C[C@H]2C(=O)CCc2ccc(-c3scnc3C)cc2)C(C)C)n[nH]1.Cc1nnc([C@H](C(=O)N2C[C@H](O)C[C@H]2C(=O)CCc2ccc(-c3scnc3C)cc2)C(C)C)o1.Cc1noc([C@H](C(=O)N2C[C@H](O)C[C@H]2C(=O)CCc2ccc(-c3scnc3C)cc2)C(C)C)n1. The summed E-state index contributed by atoms with van der Waals surface area (Å²) >= 11 is 4.83. The number of amides is 3. The molecule has 27 heteroatoms. The summed E-state index contributed by atoms with van der Waals surface area (Å²) in [5, 5.41) is 49.6. The van der Waals surface area contributed by atoms with Gasteiger partial charge in [-0.05, 0) is 105 Å². The molecule has 0 bridgehead atoms. The first-order chi connectivity index (χ1) is 48.7. The van der Waals surface area contributed by atoms with Crippen molar-refractivity contribution < 1.29 is 53.0 Å². The third-order valence-corrected chi connectivity index (χ3v) is 21.9. The van der Waals surface area contributed by atoms with Gasteiger partial charge in [0.25, 0.3) is 0 Å². The molecule has 3 aromatic carbocycles. The summed E-state index contributed by atoms with van der Waals surface area (Å²) in [4.78, 5) is 109. The number of thiazole rings is 3. The second-order valence-corrected chi connectivity index (χ2v) is 30.3. The molecule has 0 radical (unpaired) electrons. The Balaban J connectivity index is 0.000000165. The van der Waals surface area contributed by atoms with Crippen molar-refractivity contribution in [3.63, 3.8) is 0 Å². The van der Waals surface area contributed by atoms with E-state index in [0.717, 1.165) is 65.1 Å². The number of hydrogen-bond donors (Lipinski definition) is 4. The summed E-state index contributed by atoms with van der Waals surface area (Å²) in [6, 6.07) is 22.6. The van der Waals surface area contributed by atoms with Crippen LogP contribution in [0.15, 0.2) is 98.3 Å². The number of carbonyl (C=O) groups is 6. The summed E-state index contributed by atoms with van der Waals surface area (Å²) in [6.07, 6.45) is 1.26. The Morgan fingerprint density at radius 2 is 0.843 bits per heavy atom. The lowest BCUT2D eigenvalue weighted by Gasteiger charge is -2.28. The fourth-order valence-electron chi connectivity index (χ4n) is 13.6. The second-order valence-electron chi connectivity index (χ2n) is 27.8. The molecule has 3 saturated heterocycles. The van der Waals surface area contributed by atoms with Crippen LogP contribution in [0.25, 0.3) is 31.3 Å². The fourth-order valence-corrected chi connectivity index (χ4v) is 16.0. The number of aromatic nitrogens is 10. The lowest BCUT2D eigenvalue weighted by molar-refractivity contribution is -0.140. The van der Waals surface area contributed by atoms with Crippen molar-refractivity contribution in [2.45, 2.75) is 195 Å². The molecule has 102 heavy (non-hydrogen) atoms. The number of aliphatic hydroxyl groups excluding tert-OH is 3. The highest BCUT2D eigenvalue weighted by atomic mass is 32.1. The monoisotopic (exact) mass is 1450 g/mol. The van der Waals surface area contributed by atoms with Gasteiger partial charge >= 0.3 is 0 Å². The Hall–Kier alpha value is -8.73. The van der Waals surface area contributed by atoms with E-state index < -0.39 is 54.2 Å². The molecule has 0 aliphatic carbocycles. The van der Waals surface area contributed by atoms with Crippen LogP contribution in [0.5, 0.6) is 0 Å². The molecule has 3 aliphatic heterocycles. The zero-order chi connectivity index (χ0) is 73.2. The smallest absolute Gasteiger partial charge is 0.239 e. The third-order valence-electron chi connectivity index (χ3n) is 19.0. The van der Waals surface area contributed by atoms with Crippen molar-refractivity contribution in [1.82, 2.24) is 65.2 Å². The molecule has 3 amide bonds. The van der Waals surface area contributed by atoms with Crippen molar-refractivity contribution in [3.05, 3.63) is 158 Å². The Kier molecular flexibility index (Phi) is 25.3. The molecule has 3 aliphatic rings. The van der Waals surface area contributed by atoms with Crippen LogP contribution < -0.4 is 0 Å². The third kappa shape index (κ3) is 18.4. The summed E-state index contributed by atoms with van der Waals surface area (Å²) in [6.45, 7) is 23.1. The van der Waals surface area contributed by atoms with Gasteiger partial charge in [-0.25, -0.2) is 19.9 Å². The number of β-amino-alcohol motifs (C(OH)–C–C–N with tert-alkyl or cyclic N) is 3. The number of aliphatic hydroxyl groups is 3. The van der Waals surface area contributed by atoms with Gasteiger partial charge in [0, 0.05) is 65.1 Å². The average molecular weight is 1450 g/mol. The first-order valence-electron chi connectivity index (χ1n) is 34.7. The van der Waals surface area contributed by atoms with Crippen molar-refractivity contribution in [1.29, 1.82) is 0 Å². The van der Waals surface area contributed by atoms with E-state index in [2.05, 4.69) is 86.9 Å². The standard InChI is InChI=1S/C25H31N5O3S.2C25H30N4O4S/c1-14(2)22(24-27-16(4)28-29-24)25(33)30-12-19(31)11-20(30)21(32)10-7-17-5-8-18(9-6-17)23-15(3)26-13-34-23;1-14(2)22(24-28-27-16(4)33-24)25(32)29-12-19(30)11-20(29)21(31)10-7-17-5-8-18(9-6-17)23-15(3)26-13-34-23;1-14(2)22(24-27-16(4)28-33-24)25(32)29-12-19(30)11-20(29)21(31)10-7-17-5-8-18(9-6-17)23-15(3)26-13-34-23/h5-6,8-9,13-14,19-20,22,31H,7,10-12H2,1-4H3,(H,27,28,29);2*5-6,8-9,13-14,19-20,22,30H,7,10-12H2,1-4H3/t3*19-,20+,22-/m111/s1. The van der Waals surface area contributed by atoms with Gasteiger partial charge in [0.2, 0.25) is 35.4 Å². The number of ketones is 3. The van der Waals surface area contributed by atoms with Crippen LogP contribution in [0.4, 0.5) is 0 Å². The molecule has 12 rings (SSSR count).